The number of hydrogen-bond acceptors (Lipinski definition) is 4. The smallest absolute Gasteiger partial charge is 0.257 e. The Morgan fingerprint density at radius 2 is 2.03 bits per heavy atom. The Labute approximate surface area is 182 Å². The molecular formula is C23H27N3OS2. The zero-order valence-corrected chi connectivity index (χ0v) is 19.2. The predicted molar refractivity (Wildman–Crippen MR) is 124 cm³/mol. The van der Waals surface area contributed by atoms with Crippen LogP contribution in [0.3, 0.4) is 0 Å². The fourth-order valence-electron chi connectivity index (χ4n) is 3.90. The summed E-state index contributed by atoms with van der Waals surface area (Å²) in [5.74, 6) is 0.358. The van der Waals surface area contributed by atoms with Gasteiger partial charge in [0.15, 0.2) is 5.11 Å². The lowest BCUT2D eigenvalue weighted by Gasteiger charge is -2.33. The van der Waals surface area contributed by atoms with Crippen LogP contribution < -0.4 is 10.6 Å². The Morgan fingerprint density at radius 3 is 2.66 bits per heavy atom. The Kier molecular flexibility index (Phi) is 6.11. The third kappa shape index (κ3) is 4.68. The van der Waals surface area contributed by atoms with E-state index in [0.29, 0.717) is 17.0 Å². The molecule has 0 saturated carbocycles. The first-order valence-corrected chi connectivity index (χ1v) is 11.1. The van der Waals surface area contributed by atoms with Gasteiger partial charge in [0.05, 0.1) is 5.56 Å². The third-order valence-corrected chi connectivity index (χ3v) is 7.06. The number of benzene rings is 1. The zero-order valence-electron chi connectivity index (χ0n) is 17.6. The minimum absolute atomic E-state index is 0.220. The van der Waals surface area contributed by atoms with Gasteiger partial charge >= 0.3 is 0 Å². The van der Waals surface area contributed by atoms with Gasteiger partial charge in [0, 0.05) is 10.4 Å². The summed E-state index contributed by atoms with van der Waals surface area (Å²) in [7, 11) is 0. The highest BCUT2D eigenvalue weighted by molar-refractivity contribution is 7.80. The molecule has 1 heterocycles. The number of nitrogens with one attached hydrogen (secondary N) is 2. The van der Waals surface area contributed by atoms with Gasteiger partial charge in [0.25, 0.3) is 5.91 Å². The van der Waals surface area contributed by atoms with Gasteiger partial charge in [-0.15, -0.1) is 11.3 Å². The number of nitrogens with zero attached hydrogens (tertiary/aromatic N) is 1. The molecule has 2 aromatic rings. The maximum atomic E-state index is 12.6. The van der Waals surface area contributed by atoms with E-state index in [1.165, 1.54) is 4.88 Å². The number of anilines is 1. The number of carbonyl (C=O) groups is 1. The quantitative estimate of drug-likeness (QED) is 0.622. The van der Waals surface area contributed by atoms with Crippen LogP contribution in [0.4, 0.5) is 5.00 Å². The van der Waals surface area contributed by atoms with Crippen LogP contribution >= 0.6 is 23.6 Å². The number of thiophene rings is 1. The van der Waals surface area contributed by atoms with Gasteiger partial charge in [-0.2, -0.15) is 5.26 Å². The van der Waals surface area contributed by atoms with Crippen molar-refractivity contribution < 1.29 is 4.79 Å². The average Bonchev–Trinajstić information content (AvgIpc) is 2.96. The second kappa shape index (κ2) is 8.25. The fourth-order valence-corrected chi connectivity index (χ4v) is 5.45. The van der Waals surface area contributed by atoms with Crippen molar-refractivity contribution in [3.05, 3.63) is 50.9 Å². The second-order valence-corrected chi connectivity index (χ2v) is 10.4. The minimum Gasteiger partial charge on any atom is -0.323 e. The molecule has 0 spiro atoms. The van der Waals surface area contributed by atoms with E-state index in [2.05, 4.69) is 37.5 Å². The topological polar surface area (TPSA) is 64.9 Å². The van der Waals surface area contributed by atoms with Crippen molar-refractivity contribution in [3.8, 4) is 6.07 Å². The maximum Gasteiger partial charge on any atom is 0.257 e. The van der Waals surface area contributed by atoms with E-state index in [-0.39, 0.29) is 16.4 Å². The summed E-state index contributed by atoms with van der Waals surface area (Å²) in [6.45, 7) is 10.7. The molecule has 1 aliphatic rings. The van der Waals surface area contributed by atoms with Gasteiger partial charge in [-0.3, -0.25) is 10.1 Å². The van der Waals surface area contributed by atoms with Crippen LogP contribution in [0.2, 0.25) is 0 Å². The van der Waals surface area contributed by atoms with Crippen molar-refractivity contribution >= 4 is 39.6 Å². The van der Waals surface area contributed by atoms with Crippen LogP contribution in [-0.2, 0) is 12.8 Å². The van der Waals surface area contributed by atoms with E-state index in [1.807, 2.05) is 26.0 Å². The van der Waals surface area contributed by atoms with Crippen molar-refractivity contribution in [2.45, 2.75) is 53.9 Å². The summed E-state index contributed by atoms with van der Waals surface area (Å²) in [6.07, 6.45) is 3.00. The molecule has 0 radical (unpaired) electrons. The predicted octanol–water partition coefficient (Wildman–Crippen LogP) is 5.51. The van der Waals surface area contributed by atoms with E-state index in [1.54, 1.807) is 17.4 Å². The molecule has 6 heteroatoms. The van der Waals surface area contributed by atoms with Crippen LogP contribution in [0.25, 0.3) is 0 Å². The molecule has 29 heavy (non-hydrogen) atoms. The van der Waals surface area contributed by atoms with Crippen molar-refractivity contribution in [1.82, 2.24) is 5.32 Å². The largest absolute Gasteiger partial charge is 0.323 e. The Morgan fingerprint density at radius 1 is 1.31 bits per heavy atom. The van der Waals surface area contributed by atoms with Crippen LogP contribution in [0.1, 0.15) is 64.7 Å². The summed E-state index contributed by atoms with van der Waals surface area (Å²) in [4.78, 5) is 13.8. The van der Waals surface area contributed by atoms with Gasteiger partial charge in [-0.1, -0.05) is 38.5 Å². The van der Waals surface area contributed by atoms with Crippen molar-refractivity contribution in [2.24, 2.45) is 11.3 Å². The normalized spacial score (nSPS) is 15.9. The van der Waals surface area contributed by atoms with Gasteiger partial charge < -0.3 is 5.32 Å². The number of hydrogen-bond donors (Lipinski definition) is 2. The first kappa shape index (κ1) is 21.5. The Bertz CT molecular complexity index is 1010. The van der Waals surface area contributed by atoms with E-state index in [0.717, 1.165) is 41.0 Å². The second-order valence-electron chi connectivity index (χ2n) is 8.85. The van der Waals surface area contributed by atoms with E-state index >= 15 is 0 Å². The van der Waals surface area contributed by atoms with Crippen LogP contribution in [0.15, 0.2) is 18.2 Å². The summed E-state index contributed by atoms with van der Waals surface area (Å²) in [5.41, 5.74) is 4.67. The molecule has 152 valence electrons. The summed E-state index contributed by atoms with van der Waals surface area (Å²) in [6, 6.07) is 8.02. The molecule has 0 saturated heterocycles. The number of aryl methyl sites for hydroxylation is 2. The fraction of sp³-hybridized carbons (Fsp3) is 0.435. The lowest BCUT2D eigenvalue weighted by atomic mass is 9.72. The molecule has 4 nitrogen and oxygen atoms in total. The first-order valence-electron chi connectivity index (χ1n) is 9.84. The molecule has 1 aromatic carbocycles. The summed E-state index contributed by atoms with van der Waals surface area (Å²) >= 11 is 6.96. The first-order chi connectivity index (χ1) is 13.6. The number of thiocarbonyl (C=S) groups is 1. The van der Waals surface area contributed by atoms with E-state index in [9.17, 15) is 10.1 Å². The molecule has 3 rings (SSSR count). The molecular weight excluding hydrogens is 398 g/mol. The van der Waals surface area contributed by atoms with Crippen LogP contribution in [0, 0.1) is 36.5 Å². The molecule has 0 bridgehead atoms. The number of rotatable bonds is 2. The third-order valence-electron chi connectivity index (χ3n) is 5.68. The van der Waals surface area contributed by atoms with Crippen molar-refractivity contribution in [2.75, 3.05) is 5.32 Å². The molecule has 0 aliphatic heterocycles. The highest BCUT2D eigenvalue weighted by Crippen LogP contribution is 2.43. The number of nitriles is 1. The van der Waals surface area contributed by atoms with Gasteiger partial charge in [-0.05, 0) is 73.9 Å². The Balaban J connectivity index is 1.75. The lowest BCUT2D eigenvalue weighted by Crippen LogP contribution is -2.34. The highest BCUT2D eigenvalue weighted by atomic mass is 32.1. The summed E-state index contributed by atoms with van der Waals surface area (Å²) in [5, 5.41) is 16.5. The highest BCUT2D eigenvalue weighted by Gasteiger charge is 2.32. The van der Waals surface area contributed by atoms with Crippen LogP contribution in [0.5, 0.6) is 0 Å². The molecule has 2 N–H and O–H groups in total. The molecule has 1 aliphatic carbocycles. The number of carbonyl (C=O) groups excluding carboxylic acids is 1. The number of amides is 1. The minimum atomic E-state index is -0.243. The van der Waals surface area contributed by atoms with Gasteiger partial charge in [0.1, 0.15) is 11.1 Å². The van der Waals surface area contributed by atoms with Gasteiger partial charge in [0.2, 0.25) is 0 Å². The molecule has 1 aromatic heterocycles. The Hall–Kier alpha value is -2.23. The van der Waals surface area contributed by atoms with E-state index in [4.69, 9.17) is 12.2 Å². The molecule has 0 fully saturated rings. The molecule has 1 atom stereocenters. The monoisotopic (exact) mass is 425 g/mol. The van der Waals surface area contributed by atoms with Crippen molar-refractivity contribution in [3.63, 3.8) is 0 Å². The van der Waals surface area contributed by atoms with Crippen molar-refractivity contribution in [1.29, 1.82) is 5.26 Å². The van der Waals surface area contributed by atoms with Crippen LogP contribution in [-0.4, -0.2) is 11.0 Å². The average molecular weight is 426 g/mol. The SMILES string of the molecule is Cc1ccc(C(=O)NC(=S)Nc2sc3c(c2C#N)CC[C@@H](C(C)(C)C)C3)c(C)c1. The van der Waals surface area contributed by atoms with E-state index < -0.39 is 0 Å². The maximum absolute atomic E-state index is 12.6. The van der Waals surface area contributed by atoms with Gasteiger partial charge in [-0.25, -0.2) is 0 Å². The summed E-state index contributed by atoms with van der Waals surface area (Å²) < 4.78 is 0. The number of fused-ring (bicyclic) bond motifs is 1. The molecule has 0 unspecified atom stereocenters. The standard InChI is InChI=1S/C23H27N3OS2/c1-13-6-8-16(14(2)10-13)20(27)25-22(28)26-21-18(12-24)17-9-7-15(23(3,4)5)11-19(17)29-21/h6,8,10,15H,7,9,11H2,1-5H3,(H2,25,26,27,28)/t15-/m1/s1. The lowest BCUT2D eigenvalue weighted by molar-refractivity contribution is 0.0977. The molecule has 1 amide bonds. The zero-order chi connectivity index (χ0) is 21.3.